The monoisotopic (exact) mass is 311 g/mol. The molecule has 6 nitrogen and oxygen atoms in total. The summed E-state index contributed by atoms with van der Waals surface area (Å²) >= 11 is 0. The van der Waals surface area contributed by atoms with E-state index in [1.165, 1.54) is 19.1 Å². The molecule has 0 saturated carbocycles. The van der Waals surface area contributed by atoms with Gasteiger partial charge in [0, 0.05) is 12.6 Å². The average Bonchev–Trinajstić information content (AvgIpc) is 2.52. The van der Waals surface area contributed by atoms with Crippen molar-refractivity contribution in [1.82, 2.24) is 0 Å². The van der Waals surface area contributed by atoms with E-state index in [9.17, 15) is 9.59 Å². The number of amides is 1. The van der Waals surface area contributed by atoms with E-state index < -0.39 is 5.97 Å². The summed E-state index contributed by atoms with van der Waals surface area (Å²) in [6.07, 6.45) is 0. The van der Waals surface area contributed by atoms with Crippen LogP contribution in [0, 0.1) is 0 Å². The van der Waals surface area contributed by atoms with E-state index in [0.29, 0.717) is 11.4 Å². The smallest absolute Gasteiger partial charge is 0.335 e. The molecule has 0 atom stereocenters. The molecule has 0 aromatic heterocycles. The highest BCUT2D eigenvalue weighted by Crippen LogP contribution is 2.13. The molecule has 0 aliphatic heterocycles. The molecule has 0 bridgehead atoms. The number of carbonyl (C=O) groups is 2. The number of rotatable bonds is 5. The molecule has 0 heterocycles. The number of hydrazone groups is 1. The van der Waals surface area contributed by atoms with Gasteiger partial charge in [-0.25, -0.2) is 4.79 Å². The number of carboxylic acids is 1. The number of carboxylic acid groups (broad SMARTS) is 1. The molecule has 2 aromatic rings. The normalized spacial score (nSPS) is 11.0. The summed E-state index contributed by atoms with van der Waals surface area (Å²) in [5, 5.41) is 15.8. The summed E-state index contributed by atoms with van der Waals surface area (Å²) in [6.45, 7) is 3.29. The Morgan fingerprint density at radius 3 is 2.26 bits per heavy atom. The van der Waals surface area contributed by atoms with Gasteiger partial charge in [-0.05, 0) is 48.9 Å². The molecule has 6 heteroatoms. The van der Waals surface area contributed by atoms with Gasteiger partial charge in [0.1, 0.15) is 0 Å². The fourth-order valence-corrected chi connectivity index (χ4v) is 1.93. The highest BCUT2D eigenvalue weighted by Gasteiger charge is 2.03. The van der Waals surface area contributed by atoms with Gasteiger partial charge < -0.3 is 10.4 Å². The molecule has 0 aliphatic rings. The van der Waals surface area contributed by atoms with E-state index in [2.05, 4.69) is 15.8 Å². The molecule has 0 aliphatic carbocycles. The maximum atomic E-state index is 11.1. The predicted octanol–water partition coefficient (Wildman–Crippen LogP) is 3.18. The number of benzene rings is 2. The Kier molecular flexibility index (Phi) is 5.09. The van der Waals surface area contributed by atoms with Gasteiger partial charge in [-0.3, -0.25) is 10.2 Å². The Balaban J connectivity index is 2.10. The second-order valence-electron chi connectivity index (χ2n) is 4.95. The Morgan fingerprint density at radius 1 is 0.957 bits per heavy atom. The molecule has 2 rings (SSSR count). The molecule has 2 aromatic carbocycles. The molecule has 118 valence electrons. The van der Waals surface area contributed by atoms with E-state index in [0.717, 1.165) is 11.3 Å². The third kappa shape index (κ3) is 4.67. The Labute approximate surface area is 133 Å². The number of anilines is 2. The first-order valence-corrected chi connectivity index (χ1v) is 6.97. The first-order valence-electron chi connectivity index (χ1n) is 6.97. The second-order valence-corrected chi connectivity index (χ2v) is 4.95. The van der Waals surface area contributed by atoms with Crippen molar-refractivity contribution in [3.63, 3.8) is 0 Å². The summed E-state index contributed by atoms with van der Waals surface area (Å²) in [4.78, 5) is 21.9. The van der Waals surface area contributed by atoms with Crippen LogP contribution in [-0.2, 0) is 4.79 Å². The van der Waals surface area contributed by atoms with Crippen molar-refractivity contribution in [3.05, 3.63) is 59.7 Å². The van der Waals surface area contributed by atoms with Crippen molar-refractivity contribution >= 4 is 29.0 Å². The Bertz CT molecular complexity index is 752. The van der Waals surface area contributed by atoms with E-state index in [1.807, 2.05) is 25.1 Å². The minimum atomic E-state index is -0.967. The first kappa shape index (κ1) is 16.2. The molecule has 1 amide bonds. The minimum absolute atomic E-state index is 0.131. The summed E-state index contributed by atoms with van der Waals surface area (Å²) in [5.74, 6) is -1.10. The quantitative estimate of drug-likeness (QED) is 0.584. The fraction of sp³-hybridized carbons (Fsp3) is 0.118. The maximum Gasteiger partial charge on any atom is 0.335 e. The number of carbonyl (C=O) groups excluding carboxylic acids is 1. The van der Waals surface area contributed by atoms with Crippen LogP contribution < -0.4 is 10.7 Å². The molecule has 0 spiro atoms. The Hall–Kier alpha value is -3.15. The van der Waals surface area contributed by atoms with Crippen molar-refractivity contribution in [2.45, 2.75) is 13.8 Å². The van der Waals surface area contributed by atoms with Crippen molar-refractivity contribution in [2.24, 2.45) is 5.10 Å². The highest BCUT2D eigenvalue weighted by atomic mass is 16.4. The molecule has 23 heavy (non-hydrogen) atoms. The van der Waals surface area contributed by atoms with Gasteiger partial charge in [0.25, 0.3) is 0 Å². The third-order valence-corrected chi connectivity index (χ3v) is 3.09. The predicted molar refractivity (Wildman–Crippen MR) is 90.0 cm³/mol. The van der Waals surface area contributed by atoms with Crippen molar-refractivity contribution < 1.29 is 14.7 Å². The van der Waals surface area contributed by atoms with Crippen molar-refractivity contribution in [3.8, 4) is 0 Å². The van der Waals surface area contributed by atoms with E-state index in [-0.39, 0.29) is 11.5 Å². The van der Waals surface area contributed by atoms with Crippen LogP contribution in [0.1, 0.15) is 29.8 Å². The minimum Gasteiger partial charge on any atom is -0.478 e. The van der Waals surface area contributed by atoms with Gasteiger partial charge >= 0.3 is 5.97 Å². The molecular weight excluding hydrogens is 294 g/mol. The molecule has 0 saturated heterocycles. The fourth-order valence-electron chi connectivity index (χ4n) is 1.93. The largest absolute Gasteiger partial charge is 0.478 e. The Morgan fingerprint density at radius 2 is 1.65 bits per heavy atom. The summed E-state index contributed by atoms with van der Waals surface area (Å²) in [5.41, 5.74) is 6.09. The van der Waals surface area contributed by atoms with Crippen LogP contribution in [0.5, 0.6) is 0 Å². The number of nitrogens with zero attached hydrogens (tertiary/aromatic N) is 1. The van der Waals surface area contributed by atoms with Crippen LogP contribution >= 0.6 is 0 Å². The van der Waals surface area contributed by atoms with Crippen molar-refractivity contribution in [2.75, 3.05) is 10.7 Å². The zero-order valence-corrected chi connectivity index (χ0v) is 12.8. The molecule has 0 fully saturated rings. The van der Waals surface area contributed by atoms with Crippen LogP contribution in [0.2, 0.25) is 0 Å². The lowest BCUT2D eigenvalue weighted by atomic mass is 10.1. The number of aromatic carboxylic acids is 1. The zero-order valence-electron chi connectivity index (χ0n) is 12.8. The van der Waals surface area contributed by atoms with Gasteiger partial charge in [-0.15, -0.1) is 0 Å². The summed E-state index contributed by atoms with van der Waals surface area (Å²) in [7, 11) is 0. The lowest BCUT2D eigenvalue weighted by molar-refractivity contribution is -0.114. The van der Waals surface area contributed by atoms with Gasteiger partial charge in [0.05, 0.1) is 17.0 Å². The zero-order chi connectivity index (χ0) is 16.8. The van der Waals surface area contributed by atoms with Gasteiger partial charge in [0.15, 0.2) is 0 Å². The van der Waals surface area contributed by atoms with E-state index in [1.54, 1.807) is 18.2 Å². The summed E-state index contributed by atoms with van der Waals surface area (Å²) in [6, 6.07) is 13.7. The molecule has 3 N–H and O–H groups in total. The van der Waals surface area contributed by atoms with Crippen LogP contribution in [-0.4, -0.2) is 22.7 Å². The standard InChI is InChI=1S/C17H17N3O3/c1-11(14-4-3-5-16(10-14)18-12(2)21)19-20-15-8-6-13(7-9-15)17(22)23/h3-10,20H,1-2H3,(H,18,21)(H,22,23)/b19-11-. The SMILES string of the molecule is CC(=O)Nc1cccc(/C(C)=N\Nc2ccc(C(=O)O)cc2)c1. The summed E-state index contributed by atoms with van der Waals surface area (Å²) < 4.78 is 0. The molecule has 0 unspecified atom stereocenters. The molecular formula is C17H17N3O3. The van der Waals surface area contributed by atoms with Crippen LogP contribution in [0.3, 0.4) is 0 Å². The lowest BCUT2D eigenvalue weighted by Crippen LogP contribution is -2.07. The van der Waals surface area contributed by atoms with E-state index in [4.69, 9.17) is 5.11 Å². The molecule has 0 radical (unpaired) electrons. The van der Waals surface area contributed by atoms with Crippen molar-refractivity contribution in [1.29, 1.82) is 0 Å². The second kappa shape index (κ2) is 7.22. The van der Waals surface area contributed by atoms with Crippen LogP contribution in [0.15, 0.2) is 53.6 Å². The van der Waals surface area contributed by atoms with Crippen LogP contribution in [0.25, 0.3) is 0 Å². The lowest BCUT2D eigenvalue weighted by Gasteiger charge is -2.07. The van der Waals surface area contributed by atoms with Gasteiger partial charge in [-0.2, -0.15) is 5.10 Å². The third-order valence-electron chi connectivity index (χ3n) is 3.09. The highest BCUT2D eigenvalue weighted by molar-refractivity contribution is 6.00. The topological polar surface area (TPSA) is 90.8 Å². The van der Waals surface area contributed by atoms with E-state index >= 15 is 0 Å². The number of hydrogen-bond donors (Lipinski definition) is 3. The van der Waals surface area contributed by atoms with Crippen LogP contribution in [0.4, 0.5) is 11.4 Å². The average molecular weight is 311 g/mol. The number of hydrogen-bond acceptors (Lipinski definition) is 4. The van der Waals surface area contributed by atoms with Gasteiger partial charge in [0.2, 0.25) is 5.91 Å². The maximum absolute atomic E-state index is 11.1. The van der Waals surface area contributed by atoms with Gasteiger partial charge in [-0.1, -0.05) is 12.1 Å². The first-order chi connectivity index (χ1) is 11.0. The number of nitrogens with one attached hydrogen (secondary N) is 2.